The van der Waals surface area contributed by atoms with Crippen molar-refractivity contribution in [1.29, 1.82) is 0 Å². The maximum Gasteiger partial charge on any atom is 0.340 e. The number of aromatic hydroxyl groups is 1. The minimum Gasteiger partial charge on any atom is -0.494 e. The smallest absolute Gasteiger partial charge is 0.340 e. The number of carbonyl (C=O) groups excluding carboxylic acids is 2. The summed E-state index contributed by atoms with van der Waals surface area (Å²) >= 11 is 0. The van der Waals surface area contributed by atoms with Crippen molar-refractivity contribution in [2.75, 3.05) is 7.11 Å². The molecule has 5 rings (SSSR count). The summed E-state index contributed by atoms with van der Waals surface area (Å²) in [6.07, 6.45) is 4.85. The average molecular weight is 435 g/mol. The Balaban J connectivity index is 1.81. The van der Waals surface area contributed by atoms with E-state index >= 15 is 0 Å². The molecule has 5 heteroatoms. The Kier molecular flexibility index (Phi) is 4.94. The first-order valence-electron chi connectivity index (χ1n) is 10.6. The van der Waals surface area contributed by atoms with E-state index in [0.717, 1.165) is 27.6 Å². The Hall–Kier alpha value is -4.38. The van der Waals surface area contributed by atoms with Gasteiger partial charge in [0.05, 0.1) is 23.9 Å². The van der Waals surface area contributed by atoms with Gasteiger partial charge in [-0.3, -0.25) is 9.36 Å². The van der Waals surface area contributed by atoms with Crippen LogP contribution in [0.1, 0.15) is 32.7 Å². The summed E-state index contributed by atoms with van der Waals surface area (Å²) in [6.45, 7) is 1.76. The molecule has 0 bridgehead atoms. The molecular weight excluding hydrogens is 414 g/mol. The third kappa shape index (κ3) is 3.26. The quantitative estimate of drug-likeness (QED) is 0.338. The number of methoxy groups -OCH3 is 1. The molecular formula is C28H21NO4. The summed E-state index contributed by atoms with van der Waals surface area (Å²) in [4.78, 5) is 25.6. The summed E-state index contributed by atoms with van der Waals surface area (Å²) in [5, 5.41) is 13.3. The van der Waals surface area contributed by atoms with E-state index in [-0.39, 0.29) is 22.8 Å². The van der Waals surface area contributed by atoms with Gasteiger partial charge in [0.2, 0.25) is 5.88 Å². The molecule has 0 spiro atoms. The molecule has 162 valence electrons. The van der Waals surface area contributed by atoms with Crippen LogP contribution in [0.4, 0.5) is 0 Å². The van der Waals surface area contributed by atoms with Crippen LogP contribution in [-0.2, 0) is 9.53 Å². The Labute approximate surface area is 190 Å². The fraction of sp³-hybridized carbons (Fsp3) is 0.0714. The lowest BCUT2D eigenvalue weighted by Crippen LogP contribution is -2.07. The molecule has 3 aromatic carbocycles. The first kappa shape index (κ1) is 20.5. The molecule has 0 fully saturated rings. The van der Waals surface area contributed by atoms with Crippen LogP contribution in [0.25, 0.3) is 34.2 Å². The molecule has 4 aromatic rings. The summed E-state index contributed by atoms with van der Waals surface area (Å²) in [6, 6.07) is 21.1. The van der Waals surface area contributed by atoms with Crippen molar-refractivity contribution in [3.05, 3.63) is 101 Å². The average Bonchev–Trinajstić information content (AvgIpc) is 3.09. The van der Waals surface area contributed by atoms with E-state index in [1.807, 2.05) is 66.7 Å². The highest BCUT2D eigenvalue weighted by molar-refractivity contribution is 6.33. The van der Waals surface area contributed by atoms with E-state index in [1.54, 1.807) is 23.6 Å². The van der Waals surface area contributed by atoms with Crippen LogP contribution in [0.3, 0.4) is 0 Å². The predicted molar refractivity (Wildman–Crippen MR) is 129 cm³/mol. The topological polar surface area (TPSA) is 68.5 Å². The van der Waals surface area contributed by atoms with Gasteiger partial charge >= 0.3 is 5.97 Å². The highest BCUT2D eigenvalue weighted by Gasteiger charge is 2.28. The molecule has 5 nitrogen and oxygen atoms in total. The van der Waals surface area contributed by atoms with Gasteiger partial charge in [0.25, 0.3) is 0 Å². The standard InChI is InChI=1S/C28H21NO4/c1-17-26(28(32)33-2)23(16-22-20-11-5-3-9-19(20)14-15-25(22)30)27(31)29(17)24-13-7-10-18-8-4-6-12-21(18)24/h3-16,31H,1-2H3. The maximum absolute atomic E-state index is 12.8. The molecule has 1 N–H and O–H groups in total. The fourth-order valence-electron chi connectivity index (χ4n) is 4.46. The van der Waals surface area contributed by atoms with Crippen LogP contribution < -0.4 is 0 Å². The van der Waals surface area contributed by atoms with Crippen LogP contribution in [-0.4, -0.2) is 28.5 Å². The Morgan fingerprint density at radius 2 is 1.70 bits per heavy atom. The summed E-state index contributed by atoms with van der Waals surface area (Å²) in [5.74, 6) is -0.906. The number of allylic oxidation sites excluding steroid dienone is 2. The maximum atomic E-state index is 12.8. The molecule has 1 aliphatic rings. The van der Waals surface area contributed by atoms with Gasteiger partial charge < -0.3 is 9.84 Å². The van der Waals surface area contributed by atoms with Gasteiger partial charge in [-0.2, -0.15) is 0 Å². The van der Waals surface area contributed by atoms with Crippen molar-refractivity contribution in [3.8, 4) is 11.6 Å². The third-order valence-corrected chi connectivity index (χ3v) is 6.04. The lowest BCUT2D eigenvalue weighted by Gasteiger charge is -2.13. The Morgan fingerprint density at radius 3 is 2.52 bits per heavy atom. The number of ether oxygens (including phenoxy) is 1. The van der Waals surface area contributed by atoms with Gasteiger partial charge in [0.1, 0.15) is 0 Å². The monoisotopic (exact) mass is 435 g/mol. The molecule has 33 heavy (non-hydrogen) atoms. The summed E-state index contributed by atoms with van der Waals surface area (Å²) in [7, 11) is 1.30. The molecule has 0 radical (unpaired) electrons. The van der Waals surface area contributed by atoms with Crippen molar-refractivity contribution >= 4 is 40.3 Å². The van der Waals surface area contributed by atoms with Crippen LogP contribution in [0.2, 0.25) is 0 Å². The number of hydrogen-bond acceptors (Lipinski definition) is 4. The SMILES string of the molecule is COC(=O)c1c(C=C2C(=O)C=Cc3ccccc32)c(O)n(-c2cccc3ccccc23)c1C. The number of carbonyl (C=O) groups is 2. The molecule has 0 saturated carbocycles. The first-order valence-corrected chi connectivity index (χ1v) is 10.6. The van der Waals surface area contributed by atoms with Crippen molar-refractivity contribution < 1.29 is 19.4 Å². The molecule has 1 aromatic heterocycles. The second kappa shape index (κ2) is 7.95. The number of ketones is 1. The highest BCUT2D eigenvalue weighted by atomic mass is 16.5. The fourth-order valence-corrected chi connectivity index (χ4v) is 4.46. The largest absolute Gasteiger partial charge is 0.494 e. The van der Waals surface area contributed by atoms with E-state index in [1.165, 1.54) is 13.2 Å². The molecule has 1 aliphatic carbocycles. The third-order valence-electron chi connectivity index (χ3n) is 6.04. The number of fused-ring (bicyclic) bond motifs is 2. The van der Waals surface area contributed by atoms with E-state index in [2.05, 4.69) is 0 Å². The Bertz CT molecular complexity index is 1500. The lowest BCUT2D eigenvalue weighted by molar-refractivity contribution is -0.109. The van der Waals surface area contributed by atoms with Crippen LogP contribution in [0.5, 0.6) is 5.88 Å². The first-order chi connectivity index (χ1) is 16.0. The summed E-state index contributed by atoms with van der Waals surface area (Å²) < 4.78 is 6.68. The zero-order valence-electron chi connectivity index (χ0n) is 18.2. The van der Waals surface area contributed by atoms with Gasteiger partial charge in [-0.1, -0.05) is 66.7 Å². The molecule has 0 atom stereocenters. The highest BCUT2D eigenvalue weighted by Crippen LogP contribution is 2.38. The van der Waals surface area contributed by atoms with Crippen LogP contribution in [0.15, 0.2) is 72.8 Å². The molecule has 1 heterocycles. The van der Waals surface area contributed by atoms with Crippen molar-refractivity contribution in [3.63, 3.8) is 0 Å². The Morgan fingerprint density at radius 1 is 0.970 bits per heavy atom. The van der Waals surface area contributed by atoms with Gasteiger partial charge in [0, 0.05) is 16.7 Å². The molecule has 0 unspecified atom stereocenters. The van der Waals surface area contributed by atoms with E-state index in [4.69, 9.17) is 4.74 Å². The lowest BCUT2D eigenvalue weighted by atomic mass is 9.90. The molecule has 0 saturated heterocycles. The second-order valence-electron chi connectivity index (χ2n) is 7.87. The number of benzene rings is 3. The van der Waals surface area contributed by atoms with Crippen molar-refractivity contribution in [2.24, 2.45) is 0 Å². The number of esters is 1. The number of hydrogen-bond donors (Lipinski definition) is 1. The predicted octanol–water partition coefficient (Wildman–Crippen LogP) is 5.57. The van der Waals surface area contributed by atoms with E-state index in [9.17, 15) is 14.7 Å². The zero-order chi connectivity index (χ0) is 23.1. The van der Waals surface area contributed by atoms with Gasteiger partial charge in [-0.15, -0.1) is 0 Å². The normalized spacial score (nSPS) is 14.0. The number of rotatable bonds is 3. The number of nitrogens with zero attached hydrogens (tertiary/aromatic N) is 1. The van der Waals surface area contributed by atoms with E-state index < -0.39 is 5.97 Å². The van der Waals surface area contributed by atoms with E-state index in [0.29, 0.717) is 11.3 Å². The molecule has 0 amide bonds. The van der Waals surface area contributed by atoms with Gasteiger partial charge in [-0.25, -0.2) is 4.79 Å². The zero-order valence-corrected chi connectivity index (χ0v) is 18.2. The second-order valence-corrected chi connectivity index (χ2v) is 7.87. The minimum absolute atomic E-state index is 0.128. The van der Waals surface area contributed by atoms with Crippen molar-refractivity contribution in [2.45, 2.75) is 6.92 Å². The van der Waals surface area contributed by atoms with Crippen LogP contribution >= 0.6 is 0 Å². The van der Waals surface area contributed by atoms with Crippen molar-refractivity contribution in [1.82, 2.24) is 4.57 Å². The summed E-state index contributed by atoms with van der Waals surface area (Å²) in [5.41, 5.74) is 3.77. The molecule has 0 aliphatic heterocycles. The minimum atomic E-state index is -0.583. The number of aromatic nitrogens is 1. The van der Waals surface area contributed by atoms with Gasteiger partial charge in [0.15, 0.2) is 5.78 Å². The van der Waals surface area contributed by atoms with Crippen LogP contribution in [0, 0.1) is 6.92 Å². The van der Waals surface area contributed by atoms with Gasteiger partial charge in [-0.05, 0) is 41.7 Å².